The van der Waals surface area contributed by atoms with E-state index in [1.54, 1.807) is 0 Å². The number of piperidine rings is 1. The molecule has 0 saturated carbocycles. The van der Waals surface area contributed by atoms with Crippen molar-refractivity contribution in [2.75, 3.05) is 19.7 Å². The Balaban J connectivity index is 1.51. The van der Waals surface area contributed by atoms with Gasteiger partial charge in [-0.3, -0.25) is 4.79 Å². The maximum absolute atomic E-state index is 12.2. The third-order valence-corrected chi connectivity index (χ3v) is 4.63. The van der Waals surface area contributed by atoms with Crippen molar-refractivity contribution in [1.29, 1.82) is 0 Å². The monoisotopic (exact) mass is 358 g/mol. The van der Waals surface area contributed by atoms with Crippen LogP contribution in [0, 0.1) is 5.92 Å². The topological polar surface area (TPSA) is 89.3 Å². The van der Waals surface area contributed by atoms with Gasteiger partial charge in [-0.1, -0.05) is 12.1 Å². The second-order valence-corrected chi connectivity index (χ2v) is 6.61. The van der Waals surface area contributed by atoms with Crippen LogP contribution in [0.4, 0.5) is 0 Å². The molecular weight excluding hydrogens is 332 g/mol. The van der Waals surface area contributed by atoms with Crippen LogP contribution in [-0.2, 0) is 11.2 Å². The minimum absolute atomic E-state index is 0.0198. The molecule has 2 N–H and O–H groups in total. The van der Waals surface area contributed by atoms with Crippen molar-refractivity contribution < 1.29 is 14.1 Å². The minimum atomic E-state index is 0.0198. The van der Waals surface area contributed by atoms with Crippen molar-refractivity contribution in [3.8, 4) is 17.1 Å². The molecule has 2 unspecified atom stereocenters. The number of carbonyl (C=O) groups excluding carboxylic acids is 1. The van der Waals surface area contributed by atoms with Crippen LogP contribution in [-0.4, -0.2) is 41.8 Å². The Morgan fingerprint density at radius 2 is 2.19 bits per heavy atom. The van der Waals surface area contributed by atoms with E-state index in [2.05, 4.69) is 27.7 Å². The van der Waals surface area contributed by atoms with E-state index >= 15 is 0 Å². The highest BCUT2D eigenvalue weighted by Gasteiger charge is 2.22. The summed E-state index contributed by atoms with van der Waals surface area (Å²) in [4.78, 5) is 16.5. The number of benzene rings is 1. The number of rotatable bonds is 7. The van der Waals surface area contributed by atoms with Gasteiger partial charge in [0.1, 0.15) is 5.75 Å². The van der Waals surface area contributed by atoms with E-state index in [0.29, 0.717) is 37.1 Å². The molecule has 1 aliphatic heterocycles. The molecule has 7 heteroatoms. The lowest BCUT2D eigenvalue weighted by atomic mass is 9.95. The Morgan fingerprint density at radius 1 is 1.38 bits per heavy atom. The Hall–Kier alpha value is -2.41. The van der Waals surface area contributed by atoms with E-state index < -0.39 is 0 Å². The van der Waals surface area contributed by atoms with Gasteiger partial charge in [0.25, 0.3) is 0 Å². The minimum Gasteiger partial charge on any atom is -0.494 e. The van der Waals surface area contributed by atoms with E-state index in [4.69, 9.17) is 9.26 Å². The van der Waals surface area contributed by atoms with E-state index in [9.17, 15) is 4.79 Å². The molecule has 1 aromatic heterocycles. The molecule has 2 atom stereocenters. The summed E-state index contributed by atoms with van der Waals surface area (Å²) in [6.07, 6.45) is 1.86. The predicted molar refractivity (Wildman–Crippen MR) is 97.8 cm³/mol. The van der Waals surface area contributed by atoms with Gasteiger partial charge in [0, 0.05) is 31.0 Å². The molecule has 3 rings (SSSR count). The van der Waals surface area contributed by atoms with Gasteiger partial charge in [-0.05, 0) is 50.1 Å². The molecule has 2 heterocycles. The van der Waals surface area contributed by atoms with Gasteiger partial charge in [-0.15, -0.1) is 0 Å². The van der Waals surface area contributed by atoms with Crippen LogP contribution in [0.1, 0.15) is 32.6 Å². The maximum atomic E-state index is 12.2. The number of nitrogens with one attached hydrogen (secondary N) is 2. The maximum Gasteiger partial charge on any atom is 0.227 e. The zero-order valence-electron chi connectivity index (χ0n) is 15.3. The molecule has 1 aromatic carbocycles. The van der Waals surface area contributed by atoms with Crippen LogP contribution in [0.3, 0.4) is 0 Å². The highest BCUT2D eigenvalue weighted by Crippen LogP contribution is 2.20. The smallest absolute Gasteiger partial charge is 0.227 e. The first-order valence-corrected chi connectivity index (χ1v) is 9.21. The average molecular weight is 358 g/mol. The number of nitrogens with zero attached hydrogens (tertiary/aromatic N) is 2. The Kier molecular flexibility index (Phi) is 6.22. The van der Waals surface area contributed by atoms with E-state index in [-0.39, 0.29) is 11.9 Å². The molecule has 0 radical (unpaired) electrons. The van der Waals surface area contributed by atoms with Gasteiger partial charge in [-0.25, -0.2) is 0 Å². The van der Waals surface area contributed by atoms with Gasteiger partial charge in [0.2, 0.25) is 17.6 Å². The van der Waals surface area contributed by atoms with Crippen molar-refractivity contribution in [3.63, 3.8) is 0 Å². The van der Waals surface area contributed by atoms with Crippen LogP contribution in [0.15, 0.2) is 28.8 Å². The predicted octanol–water partition coefficient (Wildman–Crippen LogP) is 2.18. The molecule has 140 valence electrons. The summed E-state index contributed by atoms with van der Waals surface area (Å²) in [5.74, 6) is 2.32. The van der Waals surface area contributed by atoms with Crippen LogP contribution < -0.4 is 15.4 Å². The summed E-state index contributed by atoms with van der Waals surface area (Å²) in [6.45, 7) is 6.59. The van der Waals surface area contributed by atoms with Crippen molar-refractivity contribution >= 4 is 5.91 Å². The number of hydrogen-bond donors (Lipinski definition) is 2. The molecule has 0 spiro atoms. The molecule has 26 heavy (non-hydrogen) atoms. The zero-order chi connectivity index (χ0) is 18.4. The zero-order valence-corrected chi connectivity index (χ0v) is 15.3. The second kappa shape index (κ2) is 8.80. The first-order valence-electron chi connectivity index (χ1n) is 9.21. The largest absolute Gasteiger partial charge is 0.494 e. The van der Waals surface area contributed by atoms with Crippen LogP contribution >= 0.6 is 0 Å². The summed E-state index contributed by atoms with van der Waals surface area (Å²) in [6, 6.07) is 7.73. The number of ether oxygens (including phenoxy) is 1. The lowest BCUT2D eigenvalue weighted by Crippen LogP contribution is -2.50. The van der Waals surface area contributed by atoms with Gasteiger partial charge in [0.05, 0.1) is 6.61 Å². The standard InChI is InChI=1S/C19H26N4O3/c1-3-25-15-6-4-14(5-7-15)19-22-18(26-23-19)9-8-17(24)21-16-12-20-11-10-13(16)2/h4-7,13,16,20H,3,8-12H2,1-2H3,(H,21,24). The van der Waals surface area contributed by atoms with Crippen LogP contribution in [0.2, 0.25) is 0 Å². The lowest BCUT2D eigenvalue weighted by molar-refractivity contribution is -0.122. The summed E-state index contributed by atoms with van der Waals surface area (Å²) < 4.78 is 10.7. The summed E-state index contributed by atoms with van der Waals surface area (Å²) in [5, 5.41) is 10.4. The molecule has 1 amide bonds. The first kappa shape index (κ1) is 18.4. The fraction of sp³-hybridized carbons (Fsp3) is 0.526. The molecule has 1 aliphatic rings. The highest BCUT2D eigenvalue weighted by atomic mass is 16.5. The number of carbonyl (C=O) groups is 1. The molecule has 1 saturated heterocycles. The van der Waals surface area contributed by atoms with Crippen molar-refractivity contribution in [3.05, 3.63) is 30.2 Å². The number of aromatic nitrogens is 2. The van der Waals surface area contributed by atoms with Crippen molar-refractivity contribution in [2.45, 2.75) is 39.2 Å². The number of amides is 1. The lowest BCUT2D eigenvalue weighted by Gasteiger charge is -2.30. The molecule has 0 aliphatic carbocycles. The molecule has 2 aromatic rings. The van der Waals surface area contributed by atoms with Gasteiger partial charge in [-0.2, -0.15) is 4.98 Å². The normalized spacial score (nSPS) is 19.9. The molecular formula is C19H26N4O3. The Bertz CT molecular complexity index is 714. The van der Waals surface area contributed by atoms with E-state index in [0.717, 1.165) is 30.8 Å². The first-order chi connectivity index (χ1) is 12.7. The Labute approximate surface area is 153 Å². The molecule has 1 fully saturated rings. The highest BCUT2D eigenvalue weighted by molar-refractivity contribution is 5.76. The second-order valence-electron chi connectivity index (χ2n) is 6.61. The van der Waals surface area contributed by atoms with Crippen LogP contribution in [0.5, 0.6) is 5.75 Å². The number of aryl methyl sites for hydroxylation is 1. The summed E-state index contributed by atoms with van der Waals surface area (Å²) in [7, 11) is 0. The average Bonchev–Trinajstić information content (AvgIpc) is 3.12. The number of hydrogen-bond acceptors (Lipinski definition) is 6. The van der Waals surface area contributed by atoms with Gasteiger partial charge >= 0.3 is 0 Å². The molecule has 7 nitrogen and oxygen atoms in total. The fourth-order valence-electron chi connectivity index (χ4n) is 3.02. The fourth-order valence-corrected chi connectivity index (χ4v) is 3.02. The van der Waals surface area contributed by atoms with Gasteiger partial charge < -0.3 is 19.9 Å². The summed E-state index contributed by atoms with van der Waals surface area (Å²) >= 11 is 0. The third-order valence-electron chi connectivity index (χ3n) is 4.63. The third kappa shape index (κ3) is 4.82. The quantitative estimate of drug-likeness (QED) is 0.789. The van der Waals surface area contributed by atoms with E-state index in [1.165, 1.54) is 0 Å². The van der Waals surface area contributed by atoms with Crippen molar-refractivity contribution in [2.24, 2.45) is 5.92 Å². The molecule has 0 bridgehead atoms. The summed E-state index contributed by atoms with van der Waals surface area (Å²) in [5.41, 5.74) is 0.856. The van der Waals surface area contributed by atoms with Gasteiger partial charge in [0.15, 0.2) is 0 Å². The van der Waals surface area contributed by atoms with Crippen molar-refractivity contribution in [1.82, 2.24) is 20.8 Å². The van der Waals surface area contributed by atoms with E-state index in [1.807, 2.05) is 31.2 Å². The Morgan fingerprint density at radius 3 is 2.92 bits per heavy atom. The van der Waals surface area contributed by atoms with Crippen LogP contribution in [0.25, 0.3) is 11.4 Å². The SMILES string of the molecule is CCOc1ccc(-c2noc(CCC(=O)NC3CNCCC3C)n2)cc1.